The van der Waals surface area contributed by atoms with Crippen molar-refractivity contribution in [2.75, 3.05) is 6.61 Å². The Labute approximate surface area is 135 Å². The summed E-state index contributed by atoms with van der Waals surface area (Å²) < 4.78 is 13.0. The minimum Gasteiger partial charge on any atom is -0.530 e. The van der Waals surface area contributed by atoms with Gasteiger partial charge in [-0.15, -0.1) is 5.10 Å². The summed E-state index contributed by atoms with van der Waals surface area (Å²) >= 11 is 0. The molecule has 0 bridgehead atoms. The number of hydrogen-bond donors (Lipinski definition) is 0. The second-order valence-corrected chi connectivity index (χ2v) is 12.3. The predicted molar refractivity (Wildman–Crippen MR) is 90.8 cm³/mol. The molecule has 0 aromatic carbocycles. The predicted octanol–water partition coefficient (Wildman–Crippen LogP) is 4.10. The second-order valence-electron chi connectivity index (χ2n) is 7.53. The van der Waals surface area contributed by atoms with Crippen molar-refractivity contribution in [1.29, 1.82) is 0 Å². The van der Waals surface area contributed by atoms with E-state index in [1.54, 1.807) is 17.7 Å². The zero-order valence-corrected chi connectivity index (χ0v) is 16.2. The zero-order valence-electron chi connectivity index (χ0n) is 15.2. The van der Waals surface area contributed by atoms with Crippen LogP contribution in [-0.2, 0) is 11.3 Å². The molecule has 0 atom stereocenters. The van der Waals surface area contributed by atoms with Gasteiger partial charge in [-0.1, -0.05) is 34.6 Å². The highest BCUT2D eigenvalue weighted by molar-refractivity contribution is 6.74. The van der Waals surface area contributed by atoms with Crippen LogP contribution in [0.5, 0.6) is 5.88 Å². The normalized spacial score (nSPS) is 12.6. The van der Waals surface area contributed by atoms with E-state index < -0.39 is 8.32 Å². The van der Waals surface area contributed by atoms with Crippen LogP contribution in [0.15, 0.2) is 6.07 Å². The van der Waals surface area contributed by atoms with Crippen LogP contribution in [-0.4, -0.2) is 30.7 Å². The fourth-order valence-electron chi connectivity index (χ4n) is 1.71. The van der Waals surface area contributed by atoms with Gasteiger partial charge in [-0.2, -0.15) is 0 Å². The Morgan fingerprint density at radius 2 is 1.95 bits per heavy atom. The summed E-state index contributed by atoms with van der Waals surface area (Å²) in [6, 6.07) is 1.71. The van der Waals surface area contributed by atoms with Gasteiger partial charge >= 0.3 is 5.97 Å². The van der Waals surface area contributed by atoms with Crippen LogP contribution in [0, 0.1) is 5.92 Å². The third-order valence-electron chi connectivity index (χ3n) is 3.95. The standard InChI is InChI=1S/C16H30N2O3Si/c1-9-20-15(19)13-10-14(17-18(13)11-12(2)3)21-22(7,8)16(4,5)6/h10,12H,9,11H2,1-8H3. The highest BCUT2D eigenvalue weighted by atomic mass is 28.4. The molecule has 1 heterocycles. The molecule has 0 radical (unpaired) electrons. The molecular formula is C16H30N2O3Si. The Hall–Kier alpha value is -1.30. The van der Waals surface area contributed by atoms with E-state index in [2.05, 4.69) is 52.8 Å². The van der Waals surface area contributed by atoms with Crippen molar-refractivity contribution in [2.45, 2.75) is 66.2 Å². The van der Waals surface area contributed by atoms with Gasteiger partial charge in [0.05, 0.1) is 6.61 Å². The molecule has 0 fully saturated rings. The molecule has 0 aliphatic rings. The molecule has 0 N–H and O–H groups in total. The minimum absolute atomic E-state index is 0.0823. The van der Waals surface area contributed by atoms with Crippen LogP contribution in [0.3, 0.4) is 0 Å². The van der Waals surface area contributed by atoms with E-state index in [1.165, 1.54) is 0 Å². The van der Waals surface area contributed by atoms with Gasteiger partial charge in [0.25, 0.3) is 8.32 Å². The molecule has 6 heteroatoms. The van der Waals surface area contributed by atoms with Crippen LogP contribution >= 0.6 is 0 Å². The van der Waals surface area contributed by atoms with Crippen molar-refractivity contribution in [3.05, 3.63) is 11.8 Å². The van der Waals surface area contributed by atoms with Gasteiger partial charge in [0, 0.05) is 12.6 Å². The smallest absolute Gasteiger partial charge is 0.356 e. The lowest BCUT2D eigenvalue weighted by Crippen LogP contribution is -2.44. The lowest BCUT2D eigenvalue weighted by molar-refractivity contribution is 0.0511. The van der Waals surface area contributed by atoms with Crippen molar-refractivity contribution in [3.63, 3.8) is 0 Å². The maximum atomic E-state index is 12.1. The molecule has 0 spiro atoms. The maximum Gasteiger partial charge on any atom is 0.356 e. The number of esters is 1. The van der Waals surface area contributed by atoms with Gasteiger partial charge in [-0.05, 0) is 31.0 Å². The molecule has 0 amide bonds. The first kappa shape index (κ1) is 18.7. The molecule has 22 heavy (non-hydrogen) atoms. The molecule has 0 aliphatic heterocycles. The maximum absolute atomic E-state index is 12.1. The first-order valence-electron chi connectivity index (χ1n) is 7.92. The summed E-state index contributed by atoms with van der Waals surface area (Å²) in [5.74, 6) is 0.560. The summed E-state index contributed by atoms with van der Waals surface area (Å²) in [6.07, 6.45) is 0. The first-order chi connectivity index (χ1) is 9.98. The molecule has 1 aromatic heterocycles. The van der Waals surface area contributed by atoms with Gasteiger partial charge in [0.15, 0.2) is 0 Å². The summed E-state index contributed by atoms with van der Waals surface area (Å²) in [7, 11) is -1.98. The number of rotatable bonds is 6. The largest absolute Gasteiger partial charge is 0.530 e. The van der Waals surface area contributed by atoms with Crippen LogP contribution in [0.2, 0.25) is 18.1 Å². The third kappa shape index (κ3) is 4.60. The average molecular weight is 327 g/mol. The average Bonchev–Trinajstić information content (AvgIpc) is 2.69. The Kier molecular flexibility index (Phi) is 5.84. The minimum atomic E-state index is -1.98. The van der Waals surface area contributed by atoms with Gasteiger partial charge in [-0.3, -0.25) is 4.68 Å². The lowest BCUT2D eigenvalue weighted by atomic mass is 10.2. The molecule has 0 saturated carbocycles. The van der Waals surface area contributed by atoms with Crippen LogP contribution in [0.4, 0.5) is 0 Å². The van der Waals surface area contributed by atoms with E-state index >= 15 is 0 Å². The van der Waals surface area contributed by atoms with Gasteiger partial charge < -0.3 is 9.16 Å². The third-order valence-corrected chi connectivity index (χ3v) is 8.28. The van der Waals surface area contributed by atoms with E-state index in [0.717, 1.165) is 0 Å². The van der Waals surface area contributed by atoms with Crippen molar-refractivity contribution < 1.29 is 14.0 Å². The number of ether oxygens (including phenoxy) is 1. The summed E-state index contributed by atoms with van der Waals surface area (Å²) in [5.41, 5.74) is 0.462. The van der Waals surface area contributed by atoms with E-state index in [-0.39, 0.29) is 11.0 Å². The van der Waals surface area contributed by atoms with Crippen molar-refractivity contribution in [2.24, 2.45) is 5.92 Å². The van der Waals surface area contributed by atoms with Crippen LogP contribution in [0.25, 0.3) is 0 Å². The van der Waals surface area contributed by atoms with Crippen molar-refractivity contribution in [3.8, 4) is 5.88 Å². The quantitative estimate of drug-likeness (QED) is 0.583. The molecule has 126 valence electrons. The fourth-order valence-corrected chi connectivity index (χ4v) is 2.64. The molecule has 1 rings (SSSR count). The van der Waals surface area contributed by atoms with E-state index in [9.17, 15) is 4.79 Å². The number of nitrogens with zero attached hydrogens (tertiary/aromatic N) is 2. The molecule has 0 unspecified atom stereocenters. The molecule has 1 aromatic rings. The zero-order chi connectivity index (χ0) is 17.1. The number of carbonyl (C=O) groups is 1. The van der Waals surface area contributed by atoms with E-state index in [4.69, 9.17) is 9.16 Å². The number of carbonyl (C=O) groups excluding carboxylic acids is 1. The van der Waals surface area contributed by atoms with Crippen LogP contribution < -0.4 is 4.43 Å². The van der Waals surface area contributed by atoms with Crippen molar-refractivity contribution in [1.82, 2.24) is 9.78 Å². The molecule has 0 aliphatic carbocycles. The number of hydrogen-bond acceptors (Lipinski definition) is 4. The molecular weight excluding hydrogens is 296 g/mol. The van der Waals surface area contributed by atoms with E-state index in [0.29, 0.717) is 30.6 Å². The Morgan fingerprint density at radius 1 is 1.36 bits per heavy atom. The van der Waals surface area contributed by atoms with Crippen molar-refractivity contribution >= 4 is 14.3 Å². The summed E-state index contributed by atoms with van der Waals surface area (Å²) in [4.78, 5) is 12.1. The monoisotopic (exact) mass is 326 g/mol. The highest BCUT2D eigenvalue weighted by Gasteiger charge is 2.39. The van der Waals surface area contributed by atoms with Gasteiger partial charge in [0.2, 0.25) is 5.88 Å². The highest BCUT2D eigenvalue weighted by Crippen LogP contribution is 2.37. The topological polar surface area (TPSA) is 53.4 Å². The number of aromatic nitrogens is 2. The second kappa shape index (κ2) is 6.85. The summed E-state index contributed by atoms with van der Waals surface area (Å²) in [5, 5.41) is 4.56. The van der Waals surface area contributed by atoms with Gasteiger partial charge in [0.1, 0.15) is 5.69 Å². The molecule has 0 saturated heterocycles. The Bertz CT molecular complexity index is 516. The fraction of sp³-hybridized carbons (Fsp3) is 0.750. The van der Waals surface area contributed by atoms with Crippen LogP contribution in [0.1, 0.15) is 52.0 Å². The lowest BCUT2D eigenvalue weighted by Gasteiger charge is -2.35. The molecule has 5 nitrogen and oxygen atoms in total. The first-order valence-corrected chi connectivity index (χ1v) is 10.8. The Morgan fingerprint density at radius 3 is 2.41 bits per heavy atom. The SMILES string of the molecule is CCOC(=O)c1cc(O[Si](C)(C)C(C)(C)C)nn1CC(C)C. The summed E-state index contributed by atoms with van der Waals surface area (Å²) in [6.45, 7) is 17.9. The van der Waals surface area contributed by atoms with Gasteiger partial charge in [-0.25, -0.2) is 4.79 Å². The van der Waals surface area contributed by atoms with E-state index in [1.807, 2.05) is 0 Å². The Balaban J connectivity index is 3.10.